The predicted molar refractivity (Wildman–Crippen MR) is 67.6 cm³/mol. The van der Waals surface area contributed by atoms with E-state index in [-0.39, 0.29) is 5.56 Å². The number of nitrogens with one attached hydrogen (secondary N) is 1. The van der Waals surface area contributed by atoms with Gasteiger partial charge < -0.3 is 10.1 Å². The SMILES string of the molecule is CCOc1ncccc1NC(=O)c1ccc(F)nc1. The molecule has 0 aromatic carbocycles. The topological polar surface area (TPSA) is 64.1 Å². The van der Waals surface area contributed by atoms with Gasteiger partial charge in [0.05, 0.1) is 12.2 Å². The molecule has 2 aromatic rings. The number of nitrogens with zero attached hydrogens (tertiary/aromatic N) is 2. The second-order valence-electron chi connectivity index (χ2n) is 3.61. The molecule has 6 heteroatoms. The number of halogens is 1. The second-order valence-corrected chi connectivity index (χ2v) is 3.61. The molecule has 19 heavy (non-hydrogen) atoms. The fourth-order valence-corrected chi connectivity index (χ4v) is 1.44. The molecule has 0 radical (unpaired) electrons. The third-order valence-electron chi connectivity index (χ3n) is 2.29. The molecule has 0 bridgehead atoms. The summed E-state index contributed by atoms with van der Waals surface area (Å²) in [5.74, 6) is -0.692. The summed E-state index contributed by atoms with van der Waals surface area (Å²) in [6.07, 6.45) is 2.74. The van der Waals surface area contributed by atoms with Gasteiger partial charge in [-0.25, -0.2) is 9.97 Å². The van der Waals surface area contributed by atoms with E-state index in [1.807, 2.05) is 6.92 Å². The highest BCUT2D eigenvalue weighted by atomic mass is 19.1. The Balaban J connectivity index is 2.16. The van der Waals surface area contributed by atoms with Crippen LogP contribution in [-0.2, 0) is 0 Å². The minimum Gasteiger partial charge on any atom is -0.476 e. The van der Waals surface area contributed by atoms with Crippen LogP contribution in [0.5, 0.6) is 5.88 Å². The number of aromatic nitrogens is 2. The maximum atomic E-state index is 12.7. The first kappa shape index (κ1) is 12.9. The quantitative estimate of drug-likeness (QED) is 0.857. The van der Waals surface area contributed by atoms with Gasteiger partial charge in [0.1, 0.15) is 5.69 Å². The Morgan fingerprint density at radius 2 is 2.21 bits per heavy atom. The molecule has 5 nitrogen and oxygen atoms in total. The summed E-state index contributed by atoms with van der Waals surface area (Å²) >= 11 is 0. The van der Waals surface area contributed by atoms with Crippen LogP contribution < -0.4 is 10.1 Å². The first-order chi connectivity index (χ1) is 9.20. The molecule has 2 rings (SSSR count). The minimum absolute atomic E-state index is 0.257. The van der Waals surface area contributed by atoms with Crippen LogP contribution in [0.3, 0.4) is 0 Å². The van der Waals surface area contributed by atoms with Crippen molar-refractivity contribution in [1.82, 2.24) is 9.97 Å². The molecule has 0 fully saturated rings. The van der Waals surface area contributed by atoms with E-state index in [9.17, 15) is 9.18 Å². The molecule has 0 aliphatic rings. The number of rotatable bonds is 4. The van der Waals surface area contributed by atoms with Gasteiger partial charge in [0.25, 0.3) is 5.91 Å². The highest BCUT2D eigenvalue weighted by molar-refractivity contribution is 6.04. The molecule has 1 amide bonds. The lowest BCUT2D eigenvalue weighted by Gasteiger charge is -2.09. The Bertz CT molecular complexity index is 572. The molecule has 98 valence electrons. The van der Waals surface area contributed by atoms with Crippen LogP contribution >= 0.6 is 0 Å². The number of carbonyl (C=O) groups is 1. The molecule has 0 saturated heterocycles. The number of pyridine rings is 2. The lowest BCUT2D eigenvalue weighted by atomic mass is 10.2. The van der Waals surface area contributed by atoms with Gasteiger partial charge in [-0.2, -0.15) is 4.39 Å². The van der Waals surface area contributed by atoms with Crippen LogP contribution in [0.15, 0.2) is 36.7 Å². The maximum Gasteiger partial charge on any atom is 0.257 e. The number of anilines is 1. The van der Waals surface area contributed by atoms with Gasteiger partial charge in [-0.1, -0.05) is 0 Å². The van der Waals surface area contributed by atoms with Gasteiger partial charge in [-0.05, 0) is 31.2 Å². The van der Waals surface area contributed by atoms with Crippen LogP contribution in [-0.4, -0.2) is 22.5 Å². The Labute approximate surface area is 109 Å². The summed E-state index contributed by atoms with van der Waals surface area (Å²) in [4.78, 5) is 19.4. The van der Waals surface area contributed by atoms with Crippen LogP contribution in [0.1, 0.15) is 17.3 Å². The Hall–Kier alpha value is -2.50. The summed E-state index contributed by atoms with van der Waals surface area (Å²) in [5.41, 5.74) is 0.714. The third kappa shape index (κ3) is 3.25. The van der Waals surface area contributed by atoms with E-state index in [2.05, 4.69) is 15.3 Å². The number of ether oxygens (including phenoxy) is 1. The van der Waals surface area contributed by atoms with Crippen molar-refractivity contribution in [2.75, 3.05) is 11.9 Å². The van der Waals surface area contributed by atoms with E-state index >= 15 is 0 Å². The first-order valence-electron chi connectivity index (χ1n) is 5.71. The van der Waals surface area contributed by atoms with Crippen LogP contribution in [0.25, 0.3) is 0 Å². The molecule has 2 heterocycles. The summed E-state index contributed by atoms with van der Waals surface area (Å²) in [7, 11) is 0. The molecule has 0 aliphatic carbocycles. The summed E-state index contributed by atoms with van der Waals surface area (Å²) < 4.78 is 18.0. The highest BCUT2D eigenvalue weighted by Gasteiger charge is 2.10. The van der Waals surface area contributed by atoms with Crippen molar-refractivity contribution in [1.29, 1.82) is 0 Å². The lowest BCUT2D eigenvalue weighted by Crippen LogP contribution is -2.13. The zero-order chi connectivity index (χ0) is 13.7. The zero-order valence-corrected chi connectivity index (χ0v) is 10.3. The van der Waals surface area contributed by atoms with Crippen LogP contribution in [0.4, 0.5) is 10.1 Å². The monoisotopic (exact) mass is 261 g/mol. The average molecular weight is 261 g/mol. The molecule has 0 aliphatic heterocycles. The van der Waals surface area contributed by atoms with Crippen molar-refractivity contribution in [3.05, 3.63) is 48.2 Å². The first-order valence-corrected chi connectivity index (χ1v) is 5.71. The number of hydrogen-bond donors (Lipinski definition) is 1. The Morgan fingerprint density at radius 3 is 2.89 bits per heavy atom. The number of amides is 1. The van der Waals surface area contributed by atoms with Crippen molar-refractivity contribution in [2.45, 2.75) is 6.92 Å². The van der Waals surface area contributed by atoms with Crippen molar-refractivity contribution in [2.24, 2.45) is 0 Å². The molecule has 0 atom stereocenters. The van der Waals surface area contributed by atoms with Crippen molar-refractivity contribution >= 4 is 11.6 Å². The normalized spacial score (nSPS) is 10.0. The molecule has 1 N–H and O–H groups in total. The average Bonchev–Trinajstić information content (AvgIpc) is 2.42. The fourth-order valence-electron chi connectivity index (χ4n) is 1.44. The largest absolute Gasteiger partial charge is 0.476 e. The van der Waals surface area contributed by atoms with Gasteiger partial charge in [-0.15, -0.1) is 0 Å². The molecule has 0 saturated carbocycles. The van der Waals surface area contributed by atoms with Gasteiger partial charge >= 0.3 is 0 Å². The Morgan fingerprint density at radius 1 is 1.37 bits per heavy atom. The van der Waals surface area contributed by atoms with E-state index in [4.69, 9.17) is 4.74 Å². The second kappa shape index (κ2) is 5.90. The van der Waals surface area contributed by atoms with E-state index < -0.39 is 11.9 Å². The van der Waals surface area contributed by atoms with Crippen molar-refractivity contribution in [3.8, 4) is 5.88 Å². The highest BCUT2D eigenvalue weighted by Crippen LogP contribution is 2.21. The van der Waals surface area contributed by atoms with Gasteiger partial charge in [0, 0.05) is 12.4 Å². The molecular formula is C13H12FN3O2. The summed E-state index contributed by atoms with van der Waals surface area (Å²) in [6.45, 7) is 2.27. The van der Waals surface area contributed by atoms with E-state index in [1.165, 1.54) is 12.3 Å². The third-order valence-corrected chi connectivity index (χ3v) is 2.29. The zero-order valence-electron chi connectivity index (χ0n) is 10.3. The van der Waals surface area contributed by atoms with Crippen LogP contribution in [0.2, 0.25) is 0 Å². The van der Waals surface area contributed by atoms with Gasteiger partial charge in [-0.3, -0.25) is 4.79 Å². The lowest BCUT2D eigenvalue weighted by molar-refractivity contribution is 0.102. The molecule has 0 unspecified atom stereocenters. The number of carbonyl (C=O) groups excluding carboxylic acids is 1. The summed E-state index contributed by atoms with van der Waals surface area (Å²) in [5, 5.41) is 2.64. The predicted octanol–water partition coefficient (Wildman–Crippen LogP) is 2.27. The minimum atomic E-state index is -0.632. The smallest absolute Gasteiger partial charge is 0.257 e. The van der Waals surface area contributed by atoms with Crippen molar-refractivity contribution in [3.63, 3.8) is 0 Å². The molecular weight excluding hydrogens is 249 g/mol. The van der Waals surface area contributed by atoms with Gasteiger partial charge in [0.15, 0.2) is 0 Å². The molecule has 2 aromatic heterocycles. The fraction of sp³-hybridized carbons (Fsp3) is 0.154. The maximum absolute atomic E-state index is 12.7. The van der Waals surface area contributed by atoms with E-state index in [0.29, 0.717) is 18.2 Å². The van der Waals surface area contributed by atoms with E-state index in [0.717, 1.165) is 6.07 Å². The van der Waals surface area contributed by atoms with Crippen molar-refractivity contribution < 1.29 is 13.9 Å². The number of hydrogen-bond acceptors (Lipinski definition) is 4. The van der Waals surface area contributed by atoms with Crippen LogP contribution in [0, 0.1) is 5.95 Å². The Kier molecular flexibility index (Phi) is 4.02. The standard InChI is InChI=1S/C13H12FN3O2/c1-2-19-13-10(4-3-7-15-13)17-12(18)9-5-6-11(14)16-8-9/h3-8H,2H2,1H3,(H,17,18). The van der Waals surface area contributed by atoms with Gasteiger partial charge in [0.2, 0.25) is 11.8 Å². The van der Waals surface area contributed by atoms with E-state index in [1.54, 1.807) is 18.3 Å². The molecule has 0 spiro atoms. The summed E-state index contributed by atoms with van der Waals surface area (Å²) in [6, 6.07) is 5.84.